The number of fused-ring (bicyclic) bond motifs is 1. The molecule has 1 aromatic carbocycles. The van der Waals surface area contributed by atoms with Crippen LogP contribution in [0.25, 0.3) is 0 Å². The molecule has 1 aromatic rings. The minimum atomic E-state index is -0.522. The monoisotopic (exact) mass is 402 g/mol. The molecule has 0 N–H and O–H groups in total. The smallest absolute Gasteiger partial charge is 0.333 e. The van der Waals surface area contributed by atoms with E-state index >= 15 is 0 Å². The minimum Gasteiger partial charge on any atom is -0.335 e. The highest BCUT2D eigenvalue weighted by Crippen LogP contribution is 2.46. The van der Waals surface area contributed by atoms with Crippen LogP contribution in [-0.2, 0) is 19.2 Å². The summed E-state index contributed by atoms with van der Waals surface area (Å²) in [6.45, 7) is 5.24. The predicted molar refractivity (Wildman–Crippen MR) is 108 cm³/mol. The van der Waals surface area contributed by atoms with Gasteiger partial charge in [-0.1, -0.05) is 50.2 Å². The van der Waals surface area contributed by atoms with E-state index in [0.29, 0.717) is 17.4 Å². The first-order valence-corrected chi connectivity index (χ1v) is 10.6. The molecule has 1 fully saturated rings. The number of allylic oxidation sites excluding steroid dienone is 1. The maximum Gasteiger partial charge on any atom is 0.333 e. The second-order valence-electron chi connectivity index (χ2n) is 7.33. The molecule has 0 radical (unpaired) electrons. The molecular weight excluding hydrogens is 376 g/mol. The number of imide groups is 1. The average Bonchev–Trinajstić information content (AvgIpc) is 3.15. The lowest BCUT2D eigenvalue weighted by atomic mass is 10.1. The fourth-order valence-corrected chi connectivity index (χ4v) is 4.51. The standard InChI is InChI=1S/C21H26N2O4S/c1-15(2)14-20-22(16-8-5-6-9-17(16)28-20)13-7-3-4-10-21(26)27-23-18(24)11-12-19(23)25/h5-6,8-9,14-15H,3-4,7,10-13H2,1-2H3. The van der Waals surface area contributed by atoms with Crippen molar-refractivity contribution >= 4 is 35.2 Å². The van der Waals surface area contributed by atoms with Crippen molar-refractivity contribution in [3.63, 3.8) is 0 Å². The minimum absolute atomic E-state index is 0.119. The Morgan fingerprint density at radius 3 is 2.57 bits per heavy atom. The van der Waals surface area contributed by atoms with Crippen molar-refractivity contribution < 1.29 is 19.2 Å². The van der Waals surface area contributed by atoms with Crippen molar-refractivity contribution in [2.24, 2.45) is 5.92 Å². The summed E-state index contributed by atoms with van der Waals surface area (Å²) in [6.07, 6.45) is 5.21. The van der Waals surface area contributed by atoms with Crippen LogP contribution in [0.4, 0.5) is 5.69 Å². The van der Waals surface area contributed by atoms with Gasteiger partial charge in [0.15, 0.2) is 0 Å². The maximum atomic E-state index is 11.9. The molecule has 0 spiro atoms. The first-order valence-electron chi connectivity index (χ1n) is 9.78. The Morgan fingerprint density at radius 2 is 1.86 bits per heavy atom. The Morgan fingerprint density at radius 1 is 1.14 bits per heavy atom. The molecule has 7 heteroatoms. The van der Waals surface area contributed by atoms with Gasteiger partial charge >= 0.3 is 5.97 Å². The Bertz CT molecular complexity index is 774. The number of hydrogen-bond donors (Lipinski definition) is 0. The van der Waals surface area contributed by atoms with Crippen LogP contribution in [-0.4, -0.2) is 29.4 Å². The predicted octanol–water partition coefficient (Wildman–Crippen LogP) is 4.26. The Hall–Kier alpha value is -2.28. The molecule has 2 heterocycles. The van der Waals surface area contributed by atoms with Crippen molar-refractivity contribution in [1.82, 2.24) is 5.06 Å². The van der Waals surface area contributed by atoms with Gasteiger partial charge in [-0.15, -0.1) is 5.06 Å². The van der Waals surface area contributed by atoms with Gasteiger partial charge in [0.05, 0.1) is 10.7 Å². The summed E-state index contributed by atoms with van der Waals surface area (Å²) < 4.78 is 0. The quantitative estimate of drug-likeness (QED) is 0.478. The number of hydrogen-bond acceptors (Lipinski definition) is 6. The summed E-state index contributed by atoms with van der Waals surface area (Å²) in [7, 11) is 0. The molecule has 1 saturated heterocycles. The number of carbonyl (C=O) groups excluding carboxylic acids is 3. The number of rotatable bonds is 8. The van der Waals surface area contributed by atoms with Gasteiger partial charge in [0, 0.05) is 30.7 Å². The zero-order valence-corrected chi connectivity index (χ0v) is 17.2. The van der Waals surface area contributed by atoms with Crippen molar-refractivity contribution in [3.05, 3.63) is 35.4 Å². The second kappa shape index (κ2) is 9.28. The van der Waals surface area contributed by atoms with Crippen molar-refractivity contribution in [2.45, 2.75) is 57.3 Å². The Labute approximate surface area is 169 Å². The number of hydroxylamine groups is 2. The first kappa shape index (κ1) is 20.5. The number of unbranched alkanes of at least 4 members (excludes halogenated alkanes) is 2. The number of amides is 2. The summed E-state index contributed by atoms with van der Waals surface area (Å²) >= 11 is 1.80. The lowest BCUT2D eigenvalue weighted by molar-refractivity contribution is -0.197. The van der Waals surface area contributed by atoms with Gasteiger partial charge in [-0.2, -0.15) is 0 Å². The van der Waals surface area contributed by atoms with Crippen LogP contribution >= 0.6 is 11.8 Å². The number of nitrogens with zero attached hydrogens (tertiary/aromatic N) is 2. The third-order valence-corrected chi connectivity index (χ3v) is 5.70. The molecule has 0 bridgehead atoms. The molecular formula is C21H26N2O4S. The lowest BCUT2D eigenvalue weighted by Gasteiger charge is -2.21. The van der Waals surface area contributed by atoms with Gasteiger partial charge in [-0.05, 0) is 30.9 Å². The van der Waals surface area contributed by atoms with Crippen LogP contribution in [0, 0.1) is 5.92 Å². The topological polar surface area (TPSA) is 66.9 Å². The van der Waals surface area contributed by atoms with Gasteiger partial charge < -0.3 is 9.74 Å². The van der Waals surface area contributed by atoms with E-state index in [-0.39, 0.29) is 19.3 Å². The first-order chi connectivity index (χ1) is 13.5. The Balaban J connectivity index is 1.44. The molecule has 0 saturated carbocycles. The molecule has 2 amide bonds. The average molecular weight is 403 g/mol. The number of benzene rings is 1. The largest absolute Gasteiger partial charge is 0.335 e. The summed E-state index contributed by atoms with van der Waals surface area (Å²) in [5, 5.41) is 1.88. The van der Waals surface area contributed by atoms with E-state index in [1.807, 2.05) is 0 Å². The molecule has 0 aliphatic carbocycles. The number of carbonyl (C=O) groups is 3. The molecule has 0 atom stereocenters. The van der Waals surface area contributed by atoms with Gasteiger partial charge in [0.1, 0.15) is 0 Å². The van der Waals surface area contributed by atoms with Gasteiger partial charge in [0.2, 0.25) is 0 Å². The van der Waals surface area contributed by atoms with E-state index in [4.69, 9.17) is 4.84 Å². The summed E-state index contributed by atoms with van der Waals surface area (Å²) in [5.41, 5.74) is 1.24. The van der Waals surface area contributed by atoms with Crippen LogP contribution in [0.3, 0.4) is 0 Å². The zero-order valence-electron chi connectivity index (χ0n) is 16.3. The fourth-order valence-electron chi connectivity index (χ4n) is 3.21. The molecule has 3 rings (SSSR count). The van der Waals surface area contributed by atoms with E-state index in [9.17, 15) is 14.4 Å². The van der Waals surface area contributed by atoms with Gasteiger partial charge in [0.25, 0.3) is 11.8 Å². The number of anilines is 1. The summed E-state index contributed by atoms with van der Waals surface area (Å²) in [5.74, 6) is -0.919. The maximum absolute atomic E-state index is 11.9. The van der Waals surface area contributed by atoms with Crippen molar-refractivity contribution in [3.8, 4) is 0 Å². The second-order valence-corrected chi connectivity index (χ2v) is 8.39. The third-order valence-electron chi connectivity index (χ3n) is 4.57. The molecule has 2 aliphatic heterocycles. The number of thioether (sulfide) groups is 1. The molecule has 28 heavy (non-hydrogen) atoms. The van der Waals surface area contributed by atoms with E-state index in [2.05, 4.69) is 49.1 Å². The summed E-state index contributed by atoms with van der Waals surface area (Å²) in [6, 6.07) is 8.40. The van der Waals surface area contributed by atoms with Crippen LogP contribution in [0.15, 0.2) is 40.3 Å². The van der Waals surface area contributed by atoms with Crippen LogP contribution in [0.1, 0.15) is 52.4 Å². The molecule has 0 aromatic heterocycles. The van der Waals surface area contributed by atoms with Crippen molar-refractivity contribution in [1.29, 1.82) is 0 Å². The van der Waals surface area contributed by atoms with E-state index in [0.717, 1.165) is 19.4 Å². The number of para-hydroxylation sites is 1. The van der Waals surface area contributed by atoms with Gasteiger partial charge in [-0.25, -0.2) is 4.79 Å². The fraction of sp³-hybridized carbons (Fsp3) is 0.476. The molecule has 6 nitrogen and oxygen atoms in total. The highest BCUT2D eigenvalue weighted by Gasteiger charge is 2.32. The Kier molecular flexibility index (Phi) is 6.78. The normalized spacial score (nSPS) is 17.8. The summed E-state index contributed by atoms with van der Waals surface area (Å²) in [4.78, 5) is 43.3. The highest BCUT2D eigenvalue weighted by molar-refractivity contribution is 8.03. The third kappa shape index (κ3) is 4.95. The molecule has 150 valence electrons. The highest BCUT2D eigenvalue weighted by atomic mass is 32.2. The lowest BCUT2D eigenvalue weighted by Crippen LogP contribution is -2.31. The van der Waals surface area contributed by atoms with E-state index in [1.165, 1.54) is 15.6 Å². The molecule has 0 unspecified atom stereocenters. The van der Waals surface area contributed by atoms with Crippen LogP contribution in [0.5, 0.6) is 0 Å². The molecule has 2 aliphatic rings. The van der Waals surface area contributed by atoms with E-state index in [1.54, 1.807) is 11.8 Å². The van der Waals surface area contributed by atoms with Crippen molar-refractivity contribution in [2.75, 3.05) is 11.4 Å². The SMILES string of the molecule is CC(C)C=C1Sc2ccccc2N1CCCCCC(=O)ON1C(=O)CCC1=O. The zero-order chi connectivity index (χ0) is 20.1. The van der Waals surface area contributed by atoms with Gasteiger partial charge in [-0.3, -0.25) is 9.59 Å². The van der Waals surface area contributed by atoms with Crippen LogP contribution < -0.4 is 4.90 Å². The van der Waals surface area contributed by atoms with Crippen LogP contribution in [0.2, 0.25) is 0 Å². The van der Waals surface area contributed by atoms with E-state index < -0.39 is 17.8 Å².